The van der Waals surface area contributed by atoms with Gasteiger partial charge >= 0.3 is 0 Å². The second-order valence-corrected chi connectivity index (χ2v) is 4.90. The first kappa shape index (κ1) is 22.7. The van der Waals surface area contributed by atoms with Crippen LogP contribution in [0, 0.1) is 5.92 Å². The molecule has 21 heavy (non-hydrogen) atoms. The molecular weight excluding hydrogens is 383 g/mol. The Morgan fingerprint density at radius 2 is 1.81 bits per heavy atom. The molecule has 0 unspecified atom stereocenters. The van der Waals surface area contributed by atoms with Crippen molar-refractivity contribution in [1.29, 1.82) is 0 Å². The molecule has 0 aliphatic heterocycles. The second-order valence-electron chi connectivity index (χ2n) is 4.90. The number of guanidine groups is 1. The van der Waals surface area contributed by atoms with Crippen LogP contribution in [0.5, 0.6) is 0 Å². The van der Waals surface area contributed by atoms with Crippen molar-refractivity contribution < 1.29 is 9.53 Å². The van der Waals surface area contributed by atoms with E-state index >= 15 is 0 Å². The molecule has 0 aromatic rings. The summed E-state index contributed by atoms with van der Waals surface area (Å²) in [4.78, 5) is 15.6. The number of carbonyl (C=O) groups excluding carboxylic acids is 1. The predicted octanol–water partition coefficient (Wildman–Crippen LogP) is 1.36. The van der Waals surface area contributed by atoms with Crippen LogP contribution >= 0.6 is 24.0 Å². The Kier molecular flexibility index (Phi) is 17.1. The summed E-state index contributed by atoms with van der Waals surface area (Å²) in [5, 5.41) is 9.01. The van der Waals surface area contributed by atoms with E-state index in [1.807, 2.05) is 13.8 Å². The van der Waals surface area contributed by atoms with Crippen molar-refractivity contribution in [2.24, 2.45) is 10.9 Å². The van der Waals surface area contributed by atoms with Crippen LogP contribution in [-0.2, 0) is 9.53 Å². The molecule has 6 nitrogen and oxygen atoms in total. The van der Waals surface area contributed by atoms with Gasteiger partial charge in [-0.2, -0.15) is 0 Å². The number of hydrogen-bond acceptors (Lipinski definition) is 3. The van der Waals surface area contributed by atoms with Gasteiger partial charge in [-0.3, -0.25) is 4.79 Å². The van der Waals surface area contributed by atoms with Crippen LogP contribution in [0.2, 0.25) is 0 Å². The molecule has 0 radical (unpaired) electrons. The Hall–Kier alpha value is -0.570. The lowest BCUT2D eigenvalue weighted by Gasteiger charge is -2.11. The first-order valence-corrected chi connectivity index (χ1v) is 7.46. The largest absolute Gasteiger partial charge is 0.381 e. The van der Waals surface area contributed by atoms with E-state index in [2.05, 4.69) is 34.8 Å². The van der Waals surface area contributed by atoms with Gasteiger partial charge in [0, 0.05) is 32.8 Å². The zero-order chi connectivity index (χ0) is 15.2. The zero-order valence-electron chi connectivity index (χ0n) is 13.7. The fourth-order valence-corrected chi connectivity index (χ4v) is 1.45. The molecule has 1 amide bonds. The van der Waals surface area contributed by atoms with E-state index < -0.39 is 0 Å². The maximum absolute atomic E-state index is 11.3. The number of hydrogen-bond donors (Lipinski definition) is 3. The molecule has 0 heterocycles. The SMILES string of the molecule is CCNC(=O)CN=C(NCC)NCCCOCC(C)C.I. The number of nitrogens with one attached hydrogen (secondary N) is 3. The van der Waals surface area contributed by atoms with Gasteiger partial charge in [0.15, 0.2) is 5.96 Å². The minimum atomic E-state index is -0.0648. The van der Waals surface area contributed by atoms with Gasteiger partial charge in [0.2, 0.25) is 5.91 Å². The Morgan fingerprint density at radius 3 is 2.38 bits per heavy atom. The fraction of sp³-hybridized carbons (Fsp3) is 0.857. The Bertz CT molecular complexity index is 286. The Balaban J connectivity index is 0. The van der Waals surface area contributed by atoms with Crippen molar-refractivity contribution in [3.63, 3.8) is 0 Å². The molecule has 7 heteroatoms. The molecule has 0 aliphatic rings. The van der Waals surface area contributed by atoms with E-state index in [4.69, 9.17) is 4.74 Å². The van der Waals surface area contributed by atoms with Crippen molar-refractivity contribution in [3.05, 3.63) is 0 Å². The summed E-state index contributed by atoms with van der Waals surface area (Å²) in [6.07, 6.45) is 0.915. The van der Waals surface area contributed by atoms with Crippen LogP contribution in [0.4, 0.5) is 0 Å². The van der Waals surface area contributed by atoms with Gasteiger partial charge < -0.3 is 20.7 Å². The topological polar surface area (TPSA) is 74.8 Å². The van der Waals surface area contributed by atoms with Gasteiger partial charge in [-0.1, -0.05) is 13.8 Å². The van der Waals surface area contributed by atoms with Crippen molar-refractivity contribution >= 4 is 35.8 Å². The van der Waals surface area contributed by atoms with E-state index in [-0.39, 0.29) is 36.4 Å². The number of rotatable bonds is 10. The summed E-state index contributed by atoms with van der Waals surface area (Å²) in [7, 11) is 0. The molecule has 3 N–H and O–H groups in total. The van der Waals surface area contributed by atoms with Gasteiger partial charge in [-0.25, -0.2) is 4.99 Å². The van der Waals surface area contributed by atoms with Crippen molar-refractivity contribution in [2.45, 2.75) is 34.1 Å². The highest BCUT2D eigenvalue weighted by molar-refractivity contribution is 14.0. The quantitative estimate of drug-likeness (QED) is 0.219. The maximum atomic E-state index is 11.3. The van der Waals surface area contributed by atoms with E-state index in [1.54, 1.807) is 0 Å². The molecule has 0 aromatic carbocycles. The monoisotopic (exact) mass is 414 g/mol. The number of ether oxygens (including phenoxy) is 1. The molecule has 0 aromatic heterocycles. The Labute approximate surface area is 145 Å². The normalized spacial score (nSPS) is 11.0. The van der Waals surface area contributed by atoms with E-state index in [9.17, 15) is 4.79 Å². The standard InChI is InChI=1S/C14H30N4O2.HI/c1-5-15-13(19)10-18-14(16-6-2)17-8-7-9-20-11-12(3)4;/h12H,5-11H2,1-4H3,(H,15,19)(H2,16,17,18);1H. The average Bonchev–Trinajstić information content (AvgIpc) is 2.39. The zero-order valence-corrected chi connectivity index (χ0v) is 16.0. The first-order valence-electron chi connectivity index (χ1n) is 7.46. The molecule has 0 spiro atoms. The lowest BCUT2D eigenvalue weighted by molar-refractivity contribution is -0.119. The van der Waals surface area contributed by atoms with Crippen LogP contribution < -0.4 is 16.0 Å². The van der Waals surface area contributed by atoms with Crippen LogP contribution in [0.3, 0.4) is 0 Å². The molecular formula is C14H31IN4O2. The van der Waals surface area contributed by atoms with Crippen LogP contribution in [0.1, 0.15) is 34.1 Å². The van der Waals surface area contributed by atoms with Crippen molar-refractivity contribution in [2.75, 3.05) is 39.4 Å². The van der Waals surface area contributed by atoms with Crippen molar-refractivity contribution in [1.82, 2.24) is 16.0 Å². The predicted molar refractivity (Wildman–Crippen MR) is 98.4 cm³/mol. The first-order chi connectivity index (χ1) is 9.60. The summed E-state index contributed by atoms with van der Waals surface area (Å²) in [6.45, 7) is 12.0. The molecule has 0 fully saturated rings. The van der Waals surface area contributed by atoms with Gasteiger partial charge in [-0.05, 0) is 26.2 Å². The third-order valence-corrected chi connectivity index (χ3v) is 2.31. The van der Waals surface area contributed by atoms with Gasteiger partial charge in [-0.15, -0.1) is 24.0 Å². The molecule has 0 bridgehead atoms. The van der Waals surface area contributed by atoms with Gasteiger partial charge in [0.1, 0.15) is 6.54 Å². The summed E-state index contributed by atoms with van der Waals surface area (Å²) >= 11 is 0. The fourth-order valence-electron chi connectivity index (χ4n) is 1.45. The number of amides is 1. The van der Waals surface area contributed by atoms with E-state index in [0.29, 0.717) is 18.4 Å². The van der Waals surface area contributed by atoms with Crippen LogP contribution in [0.25, 0.3) is 0 Å². The lowest BCUT2D eigenvalue weighted by Crippen LogP contribution is -2.39. The molecule has 0 saturated carbocycles. The summed E-state index contributed by atoms with van der Waals surface area (Å²) in [5.41, 5.74) is 0. The highest BCUT2D eigenvalue weighted by Gasteiger charge is 2.00. The number of halogens is 1. The molecule has 0 atom stereocenters. The van der Waals surface area contributed by atoms with Gasteiger partial charge in [0.25, 0.3) is 0 Å². The number of carbonyl (C=O) groups is 1. The molecule has 0 rings (SSSR count). The highest BCUT2D eigenvalue weighted by atomic mass is 127. The number of aliphatic imine (C=N–C) groups is 1. The van der Waals surface area contributed by atoms with Crippen molar-refractivity contribution in [3.8, 4) is 0 Å². The second kappa shape index (κ2) is 15.8. The van der Waals surface area contributed by atoms with E-state index in [0.717, 1.165) is 32.7 Å². The summed E-state index contributed by atoms with van der Waals surface area (Å²) in [5.74, 6) is 1.17. The maximum Gasteiger partial charge on any atom is 0.241 e. The third-order valence-electron chi connectivity index (χ3n) is 2.31. The van der Waals surface area contributed by atoms with Gasteiger partial charge in [0.05, 0.1) is 0 Å². The average molecular weight is 414 g/mol. The van der Waals surface area contributed by atoms with E-state index in [1.165, 1.54) is 0 Å². The third kappa shape index (κ3) is 15.6. The smallest absolute Gasteiger partial charge is 0.241 e. The van der Waals surface area contributed by atoms with Crippen LogP contribution in [0.15, 0.2) is 4.99 Å². The molecule has 0 saturated heterocycles. The van der Waals surface area contributed by atoms with Crippen LogP contribution in [-0.4, -0.2) is 51.3 Å². The summed E-state index contributed by atoms with van der Waals surface area (Å²) < 4.78 is 5.50. The minimum absolute atomic E-state index is 0. The summed E-state index contributed by atoms with van der Waals surface area (Å²) in [6, 6.07) is 0. The molecule has 126 valence electrons. The number of nitrogens with zero attached hydrogens (tertiary/aromatic N) is 1. The Morgan fingerprint density at radius 1 is 1.14 bits per heavy atom. The molecule has 0 aliphatic carbocycles. The number of likely N-dealkylation sites (N-methyl/N-ethyl adjacent to an activating group) is 1. The minimum Gasteiger partial charge on any atom is -0.381 e. The lowest BCUT2D eigenvalue weighted by atomic mass is 10.2. The highest BCUT2D eigenvalue weighted by Crippen LogP contribution is 1.92.